The van der Waals surface area contributed by atoms with Gasteiger partial charge < -0.3 is 9.73 Å². The third kappa shape index (κ3) is 3.77. The molecule has 1 aromatic carbocycles. The fourth-order valence-electron chi connectivity index (χ4n) is 1.76. The smallest absolute Gasteiger partial charge is 0.302 e. The van der Waals surface area contributed by atoms with Gasteiger partial charge in [0.15, 0.2) is 5.69 Å². The molecule has 0 aliphatic rings. The van der Waals surface area contributed by atoms with E-state index in [-0.39, 0.29) is 17.6 Å². The van der Waals surface area contributed by atoms with Crippen LogP contribution in [0.25, 0.3) is 0 Å². The summed E-state index contributed by atoms with van der Waals surface area (Å²) in [5.74, 6) is -0.818. The van der Waals surface area contributed by atoms with E-state index in [1.54, 1.807) is 41.1 Å². The van der Waals surface area contributed by atoms with Crippen LogP contribution in [0.3, 0.4) is 0 Å². The van der Waals surface area contributed by atoms with Gasteiger partial charge in [0, 0.05) is 16.1 Å². The molecule has 2 aromatic heterocycles. The molecular weight excluding hydrogens is 338 g/mol. The number of rotatable bonds is 4. The van der Waals surface area contributed by atoms with Gasteiger partial charge >= 0.3 is 6.01 Å². The van der Waals surface area contributed by atoms with E-state index in [2.05, 4.69) is 15.6 Å². The Kier molecular flexibility index (Phi) is 4.40. The number of hydrogen-bond acceptors (Lipinski definition) is 5. The van der Waals surface area contributed by atoms with Gasteiger partial charge in [-0.05, 0) is 29.6 Å². The summed E-state index contributed by atoms with van der Waals surface area (Å²) in [6.07, 6.45) is 1.17. The highest BCUT2D eigenvalue weighted by Gasteiger charge is 2.15. The first-order valence-corrected chi connectivity index (χ1v) is 7.80. The van der Waals surface area contributed by atoms with E-state index in [1.165, 1.54) is 17.6 Å². The molecule has 3 rings (SSSR count). The largest absolute Gasteiger partial charge is 0.431 e. The number of thiophene rings is 1. The van der Waals surface area contributed by atoms with Crippen LogP contribution in [0.2, 0.25) is 5.02 Å². The van der Waals surface area contributed by atoms with Crippen molar-refractivity contribution in [2.45, 2.75) is 0 Å². The van der Waals surface area contributed by atoms with E-state index in [0.717, 1.165) is 0 Å². The van der Waals surface area contributed by atoms with Crippen LogP contribution in [0.4, 0.5) is 11.7 Å². The average molecular weight is 348 g/mol. The predicted octanol–water partition coefficient (Wildman–Crippen LogP) is 3.89. The molecule has 0 bridgehead atoms. The van der Waals surface area contributed by atoms with Crippen LogP contribution in [-0.4, -0.2) is 16.8 Å². The first-order valence-electron chi connectivity index (χ1n) is 6.48. The molecule has 2 heterocycles. The number of anilines is 2. The number of nitrogens with zero attached hydrogens (tertiary/aromatic N) is 1. The Bertz CT molecular complexity index is 845. The SMILES string of the molecule is O=C(Nc1nc(C(=O)Nc2cccc(Cl)c2)co1)c1ccsc1. The zero-order chi connectivity index (χ0) is 16.2. The number of aromatic nitrogens is 1. The van der Waals surface area contributed by atoms with E-state index < -0.39 is 5.91 Å². The molecule has 0 saturated heterocycles. The van der Waals surface area contributed by atoms with Gasteiger partial charge in [-0.2, -0.15) is 16.3 Å². The molecule has 0 unspecified atom stereocenters. The summed E-state index contributed by atoms with van der Waals surface area (Å²) in [5.41, 5.74) is 1.08. The maximum Gasteiger partial charge on any atom is 0.302 e. The summed E-state index contributed by atoms with van der Waals surface area (Å²) >= 11 is 7.26. The second-order valence-electron chi connectivity index (χ2n) is 4.47. The van der Waals surface area contributed by atoms with Gasteiger partial charge in [0.25, 0.3) is 11.8 Å². The zero-order valence-corrected chi connectivity index (χ0v) is 13.1. The molecule has 116 valence electrons. The number of halogens is 1. The third-order valence-electron chi connectivity index (χ3n) is 2.82. The number of amides is 2. The van der Waals surface area contributed by atoms with Crippen molar-refractivity contribution in [2.75, 3.05) is 10.6 Å². The van der Waals surface area contributed by atoms with E-state index in [1.807, 2.05) is 0 Å². The number of carbonyl (C=O) groups excluding carboxylic acids is 2. The Morgan fingerprint density at radius 2 is 2.04 bits per heavy atom. The Hall–Kier alpha value is -2.64. The minimum atomic E-state index is -0.466. The van der Waals surface area contributed by atoms with E-state index in [0.29, 0.717) is 16.3 Å². The fourth-order valence-corrected chi connectivity index (χ4v) is 2.59. The highest BCUT2D eigenvalue weighted by molar-refractivity contribution is 7.08. The molecule has 0 radical (unpaired) electrons. The lowest BCUT2D eigenvalue weighted by molar-refractivity contribution is 0.101. The Morgan fingerprint density at radius 1 is 1.17 bits per heavy atom. The molecule has 2 amide bonds. The Balaban J connectivity index is 1.66. The van der Waals surface area contributed by atoms with E-state index in [4.69, 9.17) is 16.0 Å². The van der Waals surface area contributed by atoms with Crippen LogP contribution in [0.1, 0.15) is 20.8 Å². The van der Waals surface area contributed by atoms with Gasteiger partial charge in [0.2, 0.25) is 0 Å². The zero-order valence-electron chi connectivity index (χ0n) is 11.6. The van der Waals surface area contributed by atoms with Gasteiger partial charge in [-0.25, -0.2) is 0 Å². The van der Waals surface area contributed by atoms with Crippen molar-refractivity contribution >= 4 is 46.5 Å². The van der Waals surface area contributed by atoms with Crippen molar-refractivity contribution in [3.63, 3.8) is 0 Å². The second-order valence-corrected chi connectivity index (χ2v) is 5.68. The molecule has 0 saturated carbocycles. The number of nitrogens with one attached hydrogen (secondary N) is 2. The molecule has 2 N–H and O–H groups in total. The van der Waals surface area contributed by atoms with Gasteiger partial charge in [0.1, 0.15) is 6.26 Å². The molecule has 0 spiro atoms. The van der Waals surface area contributed by atoms with Crippen molar-refractivity contribution in [3.8, 4) is 0 Å². The molecule has 0 aliphatic carbocycles. The van der Waals surface area contributed by atoms with Crippen LogP contribution in [0, 0.1) is 0 Å². The Labute approximate surface area is 140 Å². The van der Waals surface area contributed by atoms with Crippen LogP contribution < -0.4 is 10.6 Å². The van der Waals surface area contributed by atoms with Crippen molar-refractivity contribution in [3.05, 3.63) is 63.6 Å². The first-order chi connectivity index (χ1) is 11.1. The summed E-state index contributed by atoms with van der Waals surface area (Å²) in [6.45, 7) is 0. The number of hydrogen-bond donors (Lipinski definition) is 2. The molecule has 3 aromatic rings. The summed E-state index contributed by atoms with van der Waals surface area (Å²) in [7, 11) is 0. The Morgan fingerprint density at radius 3 is 2.78 bits per heavy atom. The number of carbonyl (C=O) groups is 2. The molecule has 0 aliphatic heterocycles. The van der Waals surface area contributed by atoms with E-state index in [9.17, 15) is 9.59 Å². The maximum absolute atomic E-state index is 12.1. The highest BCUT2D eigenvalue weighted by atomic mass is 35.5. The van der Waals surface area contributed by atoms with Crippen LogP contribution >= 0.6 is 22.9 Å². The molecule has 8 heteroatoms. The van der Waals surface area contributed by atoms with Gasteiger partial charge in [0.05, 0.1) is 5.56 Å². The molecule has 6 nitrogen and oxygen atoms in total. The predicted molar refractivity (Wildman–Crippen MR) is 88.2 cm³/mol. The quantitative estimate of drug-likeness (QED) is 0.749. The van der Waals surface area contributed by atoms with Gasteiger partial charge in [-0.1, -0.05) is 17.7 Å². The summed E-state index contributed by atoms with van der Waals surface area (Å²) in [4.78, 5) is 27.9. The number of benzene rings is 1. The summed E-state index contributed by atoms with van der Waals surface area (Å²) in [6, 6.07) is 8.36. The van der Waals surface area contributed by atoms with Crippen molar-refractivity contribution in [1.82, 2.24) is 4.98 Å². The van der Waals surface area contributed by atoms with Crippen LogP contribution in [0.5, 0.6) is 0 Å². The minimum Gasteiger partial charge on any atom is -0.431 e. The highest BCUT2D eigenvalue weighted by Crippen LogP contribution is 2.17. The lowest BCUT2D eigenvalue weighted by Crippen LogP contribution is -2.14. The molecular formula is C15H10ClN3O3S. The maximum atomic E-state index is 12.1. The topological polar surface area (TPSA) is 84.2 Å². The van der Waals surface area contributed by atoms with Gasteiger partial charge in [-0.3, -0.25) is 14.9 Å². The van der Waals surface area contributed by atoms with Crippen molar-refractivity contribution in [2.24, 2.45) is 0 Å². The third-order valence-corrected chi connectivity index (χ3v) is 3.74. The first kappa shape index (κ1) is 15.3. The van der Waals surface area contributed by atoms with Crippen LogP contribution in [-0.2, 0) is 0 Å². The van der Waals surface area contributed by atoms with Crippen LogP contribution in [0.15, 0.2) is 51.8 Å². The summed E-state index contributed by atoms with van der Waals surface area (Å²) in [5, 5.41) is 9.11. The summed E-state index contributed by atoms with van der Waals surface area (Å²) < 4.78 is 5.09. The molecule has 23 heavy (non-hydrogen) atoms. The normalized spacial score (nSPS) is 10.3. The lowest BCUT2D eigenvalue weighted by Gasteiger charge is -2.02. The number of oxazole rings is 1. The monoisotopic (exact) mass is 347 g/mol. The minimum absolute atomic E-state index is 0.0440. The lowest BCUT2D eigenvalue weighted by atomic mass is 10.3. The standard InChI is InChI=1S/C15H10ClN3O3S/c16-10-2-1-3-11(6-10)17-14(21)12-7-22-15(18-12)19-13(20)9-4-5-23-8-9/h1-8H,(H,17,21)(H,18,19,20). The van der Waals surface area contributed by atoms with Crippen molar-refractivity contribution in [1.29, 1.82) is 0 Å². The van der Waals surface area contributed by atoms with E-state index >= 15 is 0 Å². The molecule has 0 atom stereocenters. The van der Waals surface area contributed by atoms with Crippen molar-refractivity contribution < 1.29 is 14.0 Å². The fraction of sp³-hybridized carbons (Fsp3) is 0. The average Bonchev–Trinajstić information content (AvgIpc) is 3.18. The second kappa shape index (κ2) is 6.64. The van der Waals surface area contributed by atoms with Gasteiger partial charge in [-0.15, -0.1) is 0 Å². The molecule has 0 fully saturated rings.